The Hall–Kier alpha value is -0.980. The summed E-state index contributed by atoms with van der Waals surface area (Å²) in [5.41, 5.74) is 6.51. The second kappa shape index (κ2) is 5.79. The van der Waals surface area contributed by atoms with Crippen LogP contribution in [0.1, 0.15) is 10.7 Å². The third-order valence-corrected chi connectivity index (χ3v) is 2.73. The highest BCUT2D eigenvalue weighted by molar-refractivity contribution is 7.09. The van der Waals surface area contributed by atoms with Gasteiger partial charge in [-0.15, -0.1) is 11.3 Å². The molecular weight excluding hydrogens is 214 g/mol. The number of hydrogen-bond acceptors (Lipinski definition) is 5. The molecule has 0 aliphatic heterocycles. The normalized spacial score (nSPS) is 12.5. The smallest absolute Gasteiger partial charge is 0.239 e. The highest BCUT2D eigenvalue weighted by atomic mass is 32.1. The van der Waals surface area contributed by atoms with Crippen LogP contribution in [0.4, 0.5) is 0 Å². The van der Waals surface area contributed by atoms with E-state index in [1.54, 1.807) is 0 Å². The molecular formula is C9H15N3O2S. The molecule has 0 spiro atoms. The van der Waals surface area contributed by atoms with Crippen LogP contribution in [0.2, 0.25) is 0 Å². The van der Waals surface area contributed by atoms with Crippen molar-refractivity contribution in [2.75, 3.05) is 13.7 Å². The Labute approximate surface area is 92.6 Å². The van der Waals surface area contributed by atoms with Gasteiger partial charge in [0.25, 0.3) is 0 Å². The minimum absolute atomic E-state index is 0.218. The molecule has 3 N–H and O–H groups in total. The summed E-state index contributed by atoms with van der Waals surface area (Å²) in [6.45, 7) is 2.57. The maximum atomic E-state index is 11.4. The number of rotatable bonds is 5. The number of ether oxygens (including phenoxy) is 1. The van der Waals surface area contributed by atoms with Gasteiger partial charge in [-0.2, -0.15) is 0 Å². The maximum Gasteiger partial charge on any atom is 0.239 e. The molecule has 0 aromatic carbocycles. The molecule has 84 valence electrons. The van der Waals surface area contributed by atoms with Gasteiger partial charge in [-0.3, -0.25) is 4.79 Å². The molecule has 1 unspecified atom stereocenters. The lowest BCUT2D eigenvalue weighted by atomic mass is 10.3. The zero-order valence-corrected chi connectivity index (χ0v) is 9.63. The van der Waals surface area contributed by atoms with E-state index in [0.717, 1.165) is 10.7 Å². The van der Waals surface area contributed by atoms with Gasteiger partial charge in [-0.25, -0.2) is 4.98 Å². The first-order valence-electron chi connectivity index (χ1n) is 4.56. The van der Waals surface area contributed by atoms with Crippen LogP contribution in [0.3, 0.4) is 0 Å². The summed E-state index contributed by atoms with van der Waals surface area (Å²) in [5, 5.41) is 5.52. The number of hydrogen-bond donors (Lipinski definition) is 2. The second-order valence-electron chi connectivity index (χ2n) is 3.16. The lowest BCUT2D eigenvalue weighted by Gasteiger charge is -2.09. The molecule has 1 aromatic rings. The molecule has 1 aromatic heterocycles. The number of amides is 1. The van der Waals surface area contributed by atoms with E-state index < -0.39 is 6.04 Å². The van der Waals surface area contributed by atoms with E-state index in [0.29, 0.717) is 6.54 Å². The van der Waals surface area contributed by atoms with Crippen molar-refractivity contribution in [3.63, 3.8) is 0 Å². The molecule has 0 radical (unpaired) electrons. The summed E-state index contributed by atoms with van der Waals surface area (Å²) in [5.74, 6) is -0.218. The maximum absolute atomic E-state index is 11.4. The molecule has 0 fully saturated rings. The molecule has 0 bridgehead atoms. The average molecular weight is 229 g/mol. The SMILES string of the molecule is COCC(N)C(=O)NCc1nc(C)cs1. The van der Waals surface area contributed by atoms with Crippen molar-refractivity contribution in [1.29, 1.82) is 0 Å². The van der Waals surface area contributed by atoms with E-state index >= 15 is 0 Å². The van der Waals surface area contributed by atoms with E-state index in [1.165, 1.54) is 18.4 Å². The first-order valence-corrected chi connectivity index (χ1v) is 5.44. The monoisotopic (exact) mass is 229 g/mol. The molecule has 1 amide bonds. The fraction of sp³-hybridized carbons (Fsp3) is 0.556. The number of methoxy groups -OCH3 is 1. The van der Waals surface area contributed by atoms with Gasteiger partial charge in [-0.1, -0.05) is 0 Å². The first-order chi connectivity index (χ1) is 7.13. The number of carbonyl (C=O) groups is 1. The number of nitrogens with zero attached hydrogens (tertiary/aromatic N) is 1. The predicted molar refractivity (Wildman–Crippen MR) is 58.5 cm³/mol. The van der Waals surface area contributed by atoms with Crippen molar-refractivity contribution in [2.24, 2.45) is 5.73 Å². The lowest BCUT2D eigenvalue weighted by Crippen LogP contribution is -2.43. The Kier molecular flexibility index (Phi) is 4.67. The van der Waals surface area contributed by atoms with Crippen LogP contribution in [0.25, 0.3) is 0 Å². The molecule has 0 saturated carbocycles. The van der Waals surface area contributed by atoms with Crippen LogP contribution in [-0.2, 0) is 16.1 Å². The molecule has 1 heterocycles. The second-order valence-corrected chi connectivity index (χ2v) is 4.10. The van der Waals surface area contributed by atoms with Gasteiger partial charge in [0.05, 0.1) is 13.2 Å². The summed E-state index contributed by atoms with van der Waals surface area (Å²) < 4.78 is 4.78. The van der Waals surface area contributed by atoms with Crippen LogP contribution in [0, 0.1) is 6.92 Å². The van der Waals surface area contributed by atoms with Gasteiger partial charge in [0.15, 0.2) is 0 Å². The van der Waals surface area contributed by atoms with Crippen molar-refractivity contribution in [3.8, 4) is 0 Å². The van der Waals surface area contributed by atoms with Crippen molar-refractivity contribution >= 4 is 17.2 Å². The van der Waals surface area contributed by atoms with Crippen molar-refractivity contribution < 1.29 is 9.53 Å². The summed E-state index contributed by atoms with van der Waals surface area (Å²) in [7, 11) is 1.51. The zero-order chi connectivity index (χ0) is 11.3. The Morgan fingerprint density at radius 2 is 2.53 bits per heavy atom. The predicted octanol–water partition coefficient (Wildman–Crippen LogP) is 0.0414. The van der Waals surface area contributed by atoms with Crippen molar-refractivity contribution in [1.82, 2.24) is 10.3 Å². The standard InChI is InChI=1S/C9H15N3O2S/c1-6-5-15-8(12-6)3-11-9(13)7(10)4-14-2/h5,7H,3-4,10H2,1-2H3,(H,11,13). The molecule has 0 aliphatic carbocycles. The highest BCUT2D eigenvalue weighted by Crippen LogP contribution is 2.07. The average Bonchev–Trinajstić information content (AvgIpc) is 2.61. The molecule has 15 heavy (non-hydrogen) atoms. The topological polar surface area (TPSA) is 77.2 Å². The van der Waals surface area contributed by atoms with Crippen LogP contribution < -0.4 is 11.1 Å². The molecule has 1 rings (SSSR count). The number of aromatic nitrogens is 1. The largest absolute Gasteiger partial charge is 0.383 e. The molecule has 6 heteroatoms. The van der Waals surface area contributed by atoms with Crippen molar-refractivity contribution in [3.05, 3.63) is 16.1 Å². The highest BCUT2D eigenvalue weighted by Gasteiger charge is 2.12. The third-order valence-electron chi connectivity index (χ3n) is 1.76. The van der Waals surface area contributed by atoms with E-state index in [2.05, 4.69) is 10.3 Å². The number of carbonyl (C=O) groups excluding carboxylic acids is 1. The fourth-order valence-electron chi connectivity index (χ4n) is 1.03. The van der Waals surface area contributed by atoms with Gasteiger partial charge >= 0.3 is 0 Å². The molecule has 0 aliphatic rings. The summed E-state index contributed by atoms with van der Waals surface area (Å²) in [6, 6.07) is -0.615. The first kappa shape index (κ1) is 12.1. The van der Waals surface area contributed by atoms with Gasteiger partial charge in [0.2, 0.25) is 5.91 Å². The van der Waals surface area contributed by atoms with Gasteiger partial charge in [-0.05, 0) is 6.92 Å². The third kappa shape index (κ3) is 3.94. The van der Waals surface area contributed by atoms with Crippen LogP contribution in [-0.4, -0.2) is 30.6 Å². The fourth-order valence-corrected chi connectivity index (χ4v) is 1.74. The minimum Gasteiger partial charge on any atom is -0.383 e. The number of aryl methyl sites for hydroxylation is 1. The summed E-state index contributed by atoms with van der Waals surface area (Å²) in [4.78, 5) is 15.6. The Morgan fingerprint density at radius 3 is 3.07 bits per heavy atom. The number of nitrogens with two attached hydrogens (primary N) is 1. The quantitative estimate of drug-likeness (QED) is 0.747. The van der Waals surface area contributed by atoms with E-state index in [1.807, 2.05) is 12.3 Å². The van der Waals surface area contributed by atoms with Crippen LogP contribution in [0.5, 0.6) is 0 Å². The Morgan fingerprint density at radius 1 is 1.80 bits per heavy atom. The minimum atomic E-state index is -0.615. The summed E-state index contributed by atoms with van der Waals surface area (Å²) >= 11 is 1.52. The van der Waals surface area contributed by atoms with Gasteiger partial charge in [0.1, 0.15) is 11.0 Å². The zero-order valence-electron chi connectivity index (χ0n) is 8.82. The van der Waals surface area contributed by atoms with Crippen LogP contribution in [0.15, 0.2) is 5.38 Å². The summed E-state index contributed by atoms with van der Waals surface area (Å²) in [6.07, 6.45) is 0. The molecule has 1 atom stereocenters. The molecule has 5 nitrogen and oxygen atoms in total. The van der Waals surface area contributed by atoms with Gasteiger partial charge in [0, 0.05) is 18.2 Å². The van der Waals surface area contributed by atoms with E-state index in [9.17, 15) is 4.79 Å². The van der Waals surface area contributed by atoms with E-state index in [-0.39, 0.29) is 12.5 Å². The Bertz CT molecular complexity index is 327. The van der Waals surface area contributed by atoms with E-state index in [4.69, 9.17) is 10.5 Å². The van der Waals surface area contributed by atoms with Gasteiger partial charge < -0.3 is 15.8 Å². The van der Waals surface area contributed by atoms with Crippen molar-refractivity contribution in [2.45, 2.75) is 19.5 Å². The number of nitrogens with one attached hydrogen (secondary N) is 1. The Balaban J connectivity index is 2.34. The van der Waals surface area contributed by atoms with Crippen LogP contribution >= 0.6 is 11.3 Å². The molecule has 0 saturated heterocycles. The number of thiazole rings is 1. The lowest BCUT2D eigenvalue weighted by molar-refractivity contribution is -0.123.